The monoisotopic (exact) mass is 363 g/mol. The topological polar surface area (TPSA) is 73.1 Å². The van der Waals surface area contributed by atoms with Crippen molar-refractivity contribution in [2.45, 2.75) is 52.7 Å². The molecule has 0 bridgehead atoms. The van der Waals surface area contributed by atoms with Crippen LogP contribution in [-0.4, -0.2) is 37.8 Å². The fraction of sp³-hybridized carbons (Fsp3) is 0.529. The number of unbranched alkanes of at least 4 members (excludes halogenated alkanes) is 1. The van der Waals surface area contributed by atoms with E-state index >= 15 is 0 Å². The number of ether oxygens (including phenoxy) is 1. The number of amides is 1. The van der Waals surface area contributed by atoms with Gasteiger partial charge in [0.15, 0.2) is 10.8 Å². The molecule has 0 fully saturated rings. The summed E-state index contributed by atoms with van der Waals surface area (Å²) in [6.07, 6.45) is 8.44. The van der Waals surface area contributed by atoms with Gasteiger partial charge in [-0.15, -0.1) is 6.42 Å². The number of imidazole rings is 1. The Morgan fingerprint density at radius 3 is 2.76 bits per heavy atom. The van der Waals surface area contributed by atoms with Crippen molar-refractivity contribution in [2.75, 3.05) is 11.4 Å². The summed E-state index contributed by atoms with van der Waals surface area (Å²) < 4.78 is 7.27. The summed E-state index contributed by atoms with van der Waals surface area (Å²) in [5, 5.41) is 0.167. The van der Waals surface area contributed by atoms with E-state index in [0.29, 0.717) is 11.2 Å². The zero-order valence-corrected chi connectivity index (χ0v) is 15.7. The van der Waals surface area contributed by atoms with Crippen molar-refractivity contribution in [1.29, 1.82) is 0 Å². The average molecular weight is 364 g/mol. The molecule has 0 saturated heterocycles. The van der Waals surface area contributed by atoms with E-state index in [1.165, 1.54) is 4.90 Å². The minimum atomic E-state index is -0.666. The van der Waals surface area contributed by atoms with Gasteiger partial charge in [0.2, 0.25) is 5.95 Å². The van der Waals surface area contributed by atoms with Gasteiger partial charge in [-0.1, -0.05) is 30.9 Å². The number of nitrogens with zero attached hydrogens (tertiary/aromatic N) is 5. The van der Waals surface area contributed by atoms with Crippen LogP contribution >= 0.6 is 11.6 Å². The van der Waals surface area contributed by atoms with Gasteiger partial charge < -0.3 is 9.30 Å². The van der Waals surface area contributed by atoms with Crippen LogP contribution in [0.4, 0.5) is 10.7 Å². The smallest absolute Gasteiger partial charge is 0.418 e. The highest BCUT2D eigenvalue weighted by Crippen LogP contribution is 2.23. The van der Waals surface area contributed by atoms with Crippen molar-refractivity contribution in [1.82, 2.24) is 19.5 Å². The van der Waals surface area contributed by atoms with Crippen molar-refractivity contribution in [3.8, 4) is 12.3 Å². The van der Waals surface area contributed by atoms with Crippen molar-refractivity contribution >= 4 is 34.8 Å². The second-order valence-corrected chi connectivity index (χ2v) is 6.91. The molecule has 2 aromatic rings. The van der Waals surface area contributed by atoms with E-state index < -0.39 is 11.7 Å². The first kappa shape index (κ1) is 19.0. The third-order valence-corrected chi connectivity index (χ3v) is 3.53. The molecule has 25 heavy (non-hydrogen) atoms. The maximum atomic E-state index is 12.5. The van der Waals surface area contributed by atoms with Crippen molar-refractivity contribution in [3.05, 3.63) is 11.5 Å². The molecule has 0 aliphatic rings. The van der Waals surface area contributed by atoms with Crippen LogP contribution in [-0.2, 0) is 11.3 Å². The molecule has 0 saturated carbocycles. The molecular formula is C17H22ClN5O2. The summed E-state index contributed by atoms with van der Waals surface area (Å²) in [5.41, 5.74) is 0.390. The lowest BCUT2D eigenvalue weighted by Gasteiger charge is -2.25. The number of aromatic nitrogens is 4. The first-order valence-corrected chi connectivity index (χ1v) is 8.47. The second-order valence-electron chi connectivity index (χ2n) is 6.55. The third-order valence-electron chi connectivity index (χ3n) is 3.27. The van der Waals surface area contributed by atoms with Crippen LogP contribution < -0.4 is 4.90 Å². The highest BCUT2D eigenvalue weighted by atomic mass is 35.5. The number of fused-ring (bicyclic) bond motifs is 1. The molecule has 0 spiro atoms. The van der Waals surface area contributed by atoms with E-state index in [1.807, 2.05) is 4.57 Å². The first-order chi connectivity index (χ1) is 11.8. The molecule has 0 aliphatic heterocycles. The molecule has 2 rings (SSSR count). The summed E-state index contributed by atoms with van der Waals surface area (Å²) >= 11 is 6.23. The Morgan fingerprint density at radius 1 is 1.44 bits per heavy atom. The zero-order valence-electron chi connectivity index (χ0n) is 14.9. The predicted molar refractivity (Wildman–Crippen MR) is 97.7 cm³/mol. The molecular weight excluding hydrogens is 342 g/mol. The van der Waals surface area contributed by atoms with Crippen molar-refractivity contribution < 1.29 is 9.53 Å². The fourth-order valence-corrected chi connectivity index (χ4v) is 2.35. The number of carbonyl (C=O) groups is 1. The molecule has 8 heteroatoms. The number of terminal acetylenes is 1. The van der Waals surface area contributed by atoms with E-state index in [-0.39, 0.29) is 17.6 Å². The Hall–Kier alpha value is -2.33. The normalized spacial score (nSPS) is 11.4. The van der Waals surface area contributed by atoms with Crippen LogP contribution in [0.5, 0.6) is 0 Å². The first-order valence-electron chi connectivity index (χ1n) is 8.09. The van der Waals surface area contributed by atoms with E-state index in [4.69, 9.17) is 22.8 Å². The number of anilines is 1. The van der Waals surface area contributed by atoms with Gasteiger partial charge in [-0.25, -0.2) is 14.7 Å². The van der Waals surface area contributed by atoms with Gasteiger partial charge in [-0.3, -0.25) is 0 Å². The summed E-state index contributed by atoms with van der Waals surface area (Å²) in [4.78, 5) is 26.5. The fourth-order valence-electron chi connectivity index (χ4n) is 2.14. The van der Waals surface area contributed by atoms with Gasteiger partial charge in [-0.05, 0) is 27.2 Å². The summed E-state index contributed by atoms with van der Waals surface area (Å²) in [7, 11) is 0. The second kappa shape index (κ2) is 7.70. The standard InChI is InChI=1S/C17H22ClN5O2/c1-6-8-10-22-11-19-12-13(18)20-15(21-14(12)22)23(9-7-2)16(24)25-17(3,4)5/h2,11H,6,8-10H2,1,3-5H3. The van der Waals surface area contributed by atoms with Gasteiger partial charge in [-0.2, -0.15) is 9.97 Å². The van der Waals surface area contributed by atoms with Gasteiger partial charge in [0, 0.05) is 6.54 Å². The van der Waals surface area contributed by atoms with Gasteiger partial charge in [0.1, 0.15) is 11.1 Å². The van der Waals surface area contributed by atoms with Crippen LogP contribution in [0.15, 0.2) is 6.33 Å². The molecule has 0 aromatic carbocycles. The lowest BCUT2D eigenvalue weighted by molar-refractivity contribution is 0.0583. The van der Waals surface area contributed by atoms with E-state index in [1.54, 1.807) is 27.1 Å². The Morgan fingerprint density at radius 2 is 2.16 bits per heavy atom. The molecule has 7 nitrogen and oxygen atoms in total. The van der Waals surface area contributed by atoms with Gasteiger partial charge in [0.05, 0.1) is 12.9 Å². The minimum absolute atomic E-state index is 0.0279. The highest BCUT2D eigenvalue weighted by molar-refractivity contribution is 6.33. The van der Waals surface area contributed by atoms with Crippen molar-refractivity contribution in [2.24, 2.45) is 0 Å². The van der Waals surface area contributed by atoms with Crippen LogP contribution in [0.3, 0.4) is 0 Å². The molecule has 0 N–H and O–H groups in total. The molecule has 1 amide bonds. The maximum Gasteiger partial charge on any atom is 0.418 e. The van der Waals surface area contributed by atoms with E-state index in [9.17, 15) is 4.79 Å². The number of aryl methyl sites for hydroxylation is 1. The SMILES string of the molecule is C#CCN(C(=O)OC(C)(C)C)c1nc(Cl)c2ncn(CCCC)c2n1. The number of rotatable bonds is 5. The van der Waals surface area contributed by atoms with Crippen molar-refractivity contribution in [3.63, 3.8) is 0 Å². The Kier molecular flexibility index (Phi) is 5.85. The maximum absolute atomic E-state index is 12.5. The number of hydrogen-bond acceptors (Lipinski definition) is 5. The lowest BCUT2D eigenvalue weighted by atomic mass is 10.2. The van der Waals surface area contributed by atoms with Crippen LogP contribution in [0, 0.1) is 12.3 Å². The lowest BCUT2D eigenvalue weighted by Crippen LogP contribution is -2.38. The Bertz CT molecular complexity index is 804. The summed E-state index contributed by atoms with van der Waals surface area (Å²) in [6, 6.07) is 0. The Labute approximate surface area is 152 Å². The third kappa shape index (κ3) is 4.60. The molecule has 134 valence electrons. The Balaban J connectivity index is 2.45. The largest absolute Gasteiger partial charge is 0.443 e. The number of hydrogen-bond donors (Lipinski definition) is 0. The van der Waals surface area contributed by atoms with Gasteiger partial charge in [0.25, 0.3) is 0 Å². The van der Waals surface area contributed by atoms with E-state index in [2.05, 4.69) is 27.8 Å². The average Bonchev–Trinajstić information content (AvgIpc) is 2.92. The highest BCUT2D eigenvalue weighted by Gasteiger charge is 2.26. The number of carbonyl (C=O) groups excluding carboxylic acids is 1. The molecule has 2 heterocycles. The predicted octanol–water partition coefficient (Wildman–Crippen LogP) is 3.65. The number of halogens is 1. The van der Waals surface area contributed by atoms with Crippen LogP contribution in [0.1, 0.15) is 40.5 Å². The quantitative estimate of drug-likeness (QED) is 0.598. The van der Waals surface area contributed by atoms with E-state index in [0.717, 1.165) is 19.4 Å². The molecule has 0 aliphatic carbocycles. The molecule has 0 radical (unpaired) electrons. The molecule has 0 unspecified atom stereocenters. The molecule has 2 aromatic heterocycles. The van der Waals surface area contributed by atoms with Crippen LogP contribution in [0.25, 0.3) is 11.2 Å². The summed E-state index contributed by atoms with van der Waals surface area (Å²) in [6.45, 7) is 8.15. The minimum Gasteiger partial charge on any atom is -0.443 e. The zero-order chi connectivity index (χ0) is 18.6. The summed E-state index contributed by atoms with van der Waals surface area (Å²) in [5.74, 6) is 2.52. The van der Waals surface area contributed by atoms with Gasteiger partial charge >= 0.3 is 6.09 Å². The molecule has 0 atom stereocenters. The van der Waals surface area contributed by atoms with Crippen LogP contribution in [0.2, 0.25) is 5.15 Å².